The quantitative estimate of drug-likeness (QED) is 0.718. The third kappa shape index (κ3) is 2.34. The Labute approximate surface area is 104 Å². The van der Waals surface area contributed by atoms with Crippen LogP contribution in [0.1, 0.15) is 24.6 Å². The largest absolute Gasteiger partial charge is 0.399 e. The van der Waals surface area contributed by atoms with E-state index in [1.807, 2.05) is 12.1 Å². The van der Waals surface area contributed by atoms with E-state index in [-0.39, 0.29) is 5.56 Å². The first-order valence-electron chi connectivity index (χ1n) is 5.94. The van der Waals surface area contributed by atoms with Gasteiger partial charge in [-0.3, -0.25) is 4.79 Å². The SMILES string of the molecule is Nc1ccc(Nc2cc(=O)[nH]c(C3CC3)n2)cc1. The van der Waals surface area contributed by atoms with E-state index in [1.165, 1.54) is 6.07 Å². The van der Waals surface area contributed by atoms with E-state index in [0.717, 1.165) is 24.4 Å². The lowest BCUT2D eigenvalue weighted by Gasteiger charge is -2.07. The van der Waals surface area contributed by atoms with E-state index in [0.29, 0.717) is 17.4 Å². The molecule has 1 aliphatic rings. The number of rotatable bonds is 3. The number of benzene rings is 1. The second-order valence-corrected chi connectivity index (χ2v) is 4.54. The Morgan fingerprint density at radius 3 is 2.67 bits per heavy atom. The molecule has 3 rings (SSSR count). The Morgan fingerprint density at radius 1 is 1.28 bits per heavy atom. The van der Waals surface area contributed by atoms with Crippen molar-refractivity contribution < 1.29 is 0 Å². The molecule has 1 saturated carbocycles. The highest BCUT2D eigenvalue weighted by atomic mass is 16.1. The molecule has 0 unspecified atom stereocenters. The Balaban J connectivity index is 1.87. The van der Waals surface area contributed by atoms with Crippen LogP contribution in [0.3, 0.4) is 0 Å². The number of H-pyrrole nitrogens is 1. The first-order valence-corrected chi connectivity index (χ1v) is 5.94. The molecule has 0 saturated heterocycles. The summed E-state index contributed by atoms with van der Waals surface area (Å²) in [5.41, 5.74) is 7.07. The monoisotopic (exact) mass is 242 g/mol. The molecule has 1 aromatic carbocycles. The van der Waals surface area contributed by atoms with Gasteiger partial charge in [-0.1, -0.05) is 0 Å². The van der Waals surface area contributed by atoms with Crippen molar-refractivity contribution in [3.63, 3.8) is 0 Å². The van der Waals surface area contributed by atoms with Gasteiger partial charge in [-0.05, 0) is 37.1 Å². The van der Waals surface area contributed by atoms with E-state index in [2.05, 4.69) is 15.3 Å². The fourth-order valence-corrected chi connectivity index (χ4v) is 1.80. The van der Waals surface area contributed by atoms with E-state index < -0.39 is 0 Å². The number of aromatic nitrogens is 2. The van der Waals surface area contributed by atoms with Crippen LogP contribution in [-0.4, -0.2) is 9.97 Å². The summed E-state index contributed by atoms with van der Waals surface area (Å²) >= 11 is 0. The summed E-state index contributed by atoms with van der Waals surface area (Å²) in [6, 6.07) is 8.78. The zero-order valence-electron chi connectivity index (χ0n) is 9.81. The third-order valence-electron chi connectivity index (χ3n) is 2.91. The topological polar surface area (TPSA) is 83.8 Å². The van der Waals surface area contributed by atoms with Crippen LogP contribution in [0.2, 0.25) is 0 Å². The van der Waals surface area contributed by atoms with E-state index in [1.54, 1.807) is 12.1 Å². The number of nitrogens with two attached hydrogens (primary N) is 1. The molecular weight excluding hydrogens is 228 g/mol. The van der Waals surface area contributed by atoms with Gasteiger partial charge >= 0.3 is 0 Å². The van der Waals surface area contributed by atoms with Crippen molar-refractivity contribution in [2.45, 2.75) is 18.8 Å². The molecular formula is C13H14N4O. The number of nitrogens with one attached hydrogen (secondary N) is 2. The summed E-state index contributed by atoms with van der Waals surface area (Å²) in [7, 11) is 0. The minimum absolute atomic E-state index is 0.121. The highest BCUT2D eigenvalue weighted by molar-refractivity contribution is 5.58. The lowest BCUT2D eigenvalue weighted by Crippen LogP contribution is -2.11. The molecule has 0 spiro atoms. The maximum absolute atomic E-state index is 11.5. The van der Waals surface area contributed by atoms with Crippen LogP contribution in [0.25, 0.3) is 0 Å². The first-order chi connectivity index (χ1) is 8.70. The lowest BCUT2D eigenvalue weighted by atomic mass is 10.3. The van der Waals surface area contributed by atoms with Crippen molar-refractivity contribution in [3.8, 4) is 0 Å². The molecule has 1 heterocycles. The summed E-state index contributed by atoms with van der Waals surface area (Å²) in [4.78, 5) is 18.7. The Kier molecular flexibility index (Phi) is 2.51. The maximum atomic E-state index is 11.5. The van der Waals surface area contributed by atoms with Gasteiger partial charge in [0.2, 0.25) is 0 Å². The standard InChI is InChI=1S/C13H14N4O/c14-9-3-5-10(6-4-9)15-11-7-12(18)17-13(16-11)8-1-2-8/h3-8H,1-2,14H2,(H2,15,16,17,18). The normalized spacial score (nSPS) is 14.4. The number of nitrogen functional groups attached to an aromatic ring is 1. The zero-order chi connectivity index (χ0) is 12.5. The molecule has 1 aliphatic carbocycles. The van der Waals surface area contributed by atoms with Gasteiger partial charge in [0.05, 0.1) is 0 Å². The molecule has 5 heteroatoms. The smallest absolute Gasteiger partial charge is 0.252 e. The van der Waals surface area contributed by atoms with E-state index in [9.17, 15) is 4.79 Å². The lowest BCUT2D eigenvalue weighted by molar-refractivity contribution is 0.912. The van der Waals surface area contributed by atoms with Crippen LogP contribution in [0, 0.1) is 0 Å². The summed E-state index contributed by atoms with van der Waals surface area (Å²) in [6.07, 6.45) is 2.21. The third-order valence-corrected chi connectivity index (χ3v) is 2.91. The van der Waals surface area contributed by atoms with Gasteiger partial charge in [-0.25, -0.2) is 4.98 Å². The van der Waals surface area contributed by atoms with Crippen LogP contribution < -0.4 is 16.6 Å². The summed E-state index contributed by atoms with van der Waals surface area (Å²) in [6.45, 7) is 0. The van der Waals surface area contributed by atoms with Gasteiger partial charge in [-0.2, -0.15) is 0 Å². The highest BCUT2D eigenvalue weighted by Crippen LogP contribution is 2.37. The van der Waals surface area contributed by atoms with Crippen LogP contribution in [0.5, 0.6) is 0 Å². The molecule has 5 nitrogen and oxygen atoms in total. The molecule has 1 fully saturated rings. The van der Waals surface area contributed by atoms with E-state index in [4.69, 9.17) is 5.73 Å². The van der Waals surface area contributed by atoms with Crippen LogP contribution >= 0.6 is 0 Å². The first kappa shape index (κ1) is 10.8. The van der Waals surface area contributed by atoms with Gasteiger partial charge < -0.3 is 16.0 Å². The van der Waals surface area contributed by atoms with Gasteiger partial charge in [-0.15, -0.1) is 0 Å². The predicted octanol–water partition coefficient (Wildman–Crippen LogP) is 1.97. The minimum atomic E-state index is -0.121. The van der Waals surface area contributed by atoms with Gasteiger partial charge in [0.1, 0.15) is 11.6 Å². The van der Waals surface area contributed by atoms with Crippen molar-refractivity contribution in [1.29, 1.82) is 0 Å². The Bertz CT molecular complexity index is 614. The minimum Gasteiger partial charge on any atom is -0.399 e. The molecule has 0 aliphatic heterocycles. The predicted molar refractivity (Wildman–Crippen MR) is 71.0 cm³/mol. The number of hydrogen-bond acceptors (Lipinski definition) is 4. The summed E-state index contributed by atoms with van der Waals surface area (Å²) in [5.74, 6) is 1.77. The number of anilines is 3. The van der Waals surface area contributed by atoms with Crippen LogP contribution in [-0.2, 0) is 0 Å². The van der Waals surface area contributed by atoms with Gasteiger partial charge in [0.25, 0.3) is 5.56 Å². The average molecular weight is 242 g/mol. The maximum Gasteiger partial charge on any atom is 0.252 e. The van der Waals surface area contributed by atoms with Crippen LogP contribution in [0.15, 0.2) is 35.1 Å². The molecule has 0 radical (unpaired) electrons. The fourth-order valence-electron chi connectivity index (χ4n) is 1.80. The molecule has 1 aromatic heterocycles. The van der Waals surface area contributed by atoms with Gasteiger partial charge in [0, 0.05) is 23.4 Å². The molecule has 18 heavy (non-hydrogen) atoms. The van der Waals surface area contributed by atoms with Crippen LogP contribution in [0.4, 0.5) is 17.2 Å². The molecule has 0 amide bonds. The highest BCUT2D eigenvalue weighted by Gasteiger charge is 2.26. The molecule has 0 bridgehead atoms. The second kappa shape index (κ2) is 4.18. The molecule has 0 atom stereocenters. The zero-order valence-corrected chi connectivity index (χ0v) is 9.81. The van der Waals surface area contributed by atoms with Crippen molar-refractivity contribution >= 4 is 17.2 Å². The Hall–Kier alpha value is -2.30. The van der Waals surface area contributed by atoms with Gasteiger partial charge in [0.15, 0.2) is 0 Å². The average Bonchev–Trinajstić information content (AvgIpc) is 3.15. The van der Waals surface area contributed by atoms with Crippen molar-refractivity contribution in [2.24, 2.45) is 0 Å². The number of nitrogens with zero attached hydrogens (tertiary/aromatic N) is 1. The second-order valence-electron chi connectivity index (χ2n) is 4.54. The molecule has 4 N–H and O–H groups in total. The Morgan fingerprint density at radius 2 is 2.00 bits per heavy atom. The summed E-state index contributed by atoms with van der Waals surface area (Å²) in [5, 5.41) is 3.11. The van der Waals surface area contributed by atoms with Crippen molar-refractivity contribution in [1.82, 2.24) is 9.97 Å². The van der Waals surface area contributed by atoms with E-state index >= 15 is 0 Å². The number of hydrogen-bond donors (Lipinski definition) is 3. The molecule has 2 aromatic rings. The van der Waals surface area contributed by atoms with Crippen molar-refractivity contribution in [2.75, 3.05) is 11.1 Å². The fraction of sp³-hybridized carbons (Fsp3) is 0.231. The molecule has 92 valence electrons. The number of aromatic amines is 1. The van der Waals surface area contributed by atoms with Crippen molar-refractivity contribution in [3.05, 3.63) is 46.5 Å². The summed E-state index contributed by atoms with van der Waals surface area (Å²) < 4.78 is 0.